The Labute approximate surface area is 169 Å². The van der Waals surface area contributed by atoms with Crippen LogP contribution in [0.2, 0.25) is 0 Å². The number of amides is 4. The minimum atomic E-state index is -1.23. The highest BCUT2D eigenvalue weighted by atomic mass is 16.4. The maximum Gasteiger partial charge on any atom is 0.404 e. The van der Waals surface area contributed by atoms with Crippen LogP contribution in [0.25, 0.3) is 0 Å². The van der Waals surface area contributed by atoms with E-state index in [1.807, 2.05) is 0 Å². The minimum absolute atomic E-state index is 0.149. The first-order valence-corrected chi connectivity index (χ1v) is 9.14. The molecule has 0 heterocycles. The average molecular weight is 408 g/mol. The standard InChI is InChI=1S/C19H28N4O6/c1-10(2)16(22-12(4)24)18(27)21-11(3)17(26)23-14-7-5-13(6-8-14)15(25)9-20-19(28)29/h5-8,10-11,15-16,20,25H,9H2,1-4H3,(H,21,27)(H,22,24)(H,23,26)(H,28,29). The van der Waals surface area contributed by atoms with Crippen molar-refractivity contribution >= 4 is 29.5 Å². The zero-order valence-corrected chi connectivity index (χ0v) is 16.9. The molecule has 0 aliphatic carbocycles. The van der Waals surface area contributed by atoms with Gasteiger partial charge in [0, 0.05) is 12.6 Å². The molecule has 0 saturated carbocycles. The summed E-state index contributed by atoms with van der Waals surface area (Å²) in [5.41, 5.74) is 0.925. The summed E-state index contributed by atoms with van der Waals surface area (Å²) in [5.74, 6) is -1.40. The summed E-state index contributed by atoms with van der Waals surface area (Å²) in [6.45, 7) is 6.25. The molecule has 0 saturated heterocycles. The van der Waals surface area contributed by atoms with Crippen LogP contribution < -0.4 is 21.3 Å². The molecule has 29 heavy (non-hydrogen) atoms. The van der Waals surface area contributed by atoms with Gasteiger partial charge in [-0.15, -0.1) is 0 Å². The Morgan fingerprint density at radius 3 is 2.03 bits per heavy atom. The minimum Gasteiger partial charge on any atom is -0.465 e. The summed E-state index contributed by atoms with van der Waals surface area (Å²) >= 11 is 0. The molecular formula is C19H28N4O6. The van der Waals surface area contributed by atoms with Gasteiger partial charge in [-0.2, -0.15) is 0 Å². The Kier molecular flexibility index (Phi) is 9.07. The van der Waals surface area contributed by atoms with E-state index in [0.717, 1.165) is 0 Å². The van der Waals surface area contributed by atoms with E-state index in [2.05, 4.69) is 21.3 Å². The van der Waals surface area contributed by atoms with Crippen molar-refractivity contribution in [1.82, 2.24) is 16.0 Å². The van der Waals surface area contributed by atoms with Crippen molar-refractivity contribution in [2.45, 2.75) is 45.9 Å². The summed E-state index contributed by atoms with van der Waals surface area (Å²) < 4.78 is 0. The van der Waals surface area contributed by atoms with Crippen molar-refractivity contribution in [1.29, 1.82) is 0 Å². The van der Waals surface area contributed by atoms with Gasteiger partial charge in [0.05, 0.1) is 12.6 Å². The highest BCUT2D eigenvalue weighted by molar-refractivity contribution is 5.98. The molecule has 160 valence electrons. The maximum atomic E-state index is 12.3. The second kappa shape index (κ2) is 11.0. The molecule has 10 heteroatoms. The predicted octanol–water partition coefficient (Wildman–Crippen LogP) is 0.592. The molecule has 1 aromatic rings. The van der Waals surface area contributed by atoms with Crippen LogP contribution in [-0.2, 0) is 14.4 Å². The van der Waals surface area contributed by atoms with Crippen molar-refractivity contribution in [2.75, 3.05) is 11.9 Å². The van der Waals surface area contributed by atoms with E-state index in [1.165, 1.54) is 13.8 Å². The number of carbonyl (C=O) groups is 4. The summed E-state index contributed by atoms with van der Waals surface area (Å²) in [5, 5.41) is 28.3. The third kappa shape index (κ3) is 8.18. The first-order chi connectivity index (χ1) is 13.5. The van der Waals surface area contributed by atoms with Crippen molar-refractivity contribution in [3.63, 3.8) is 0 Å². The van der Waals surface area contributed by atoms with Crippen LogP contribution in [-0.4, -0.2) is 52.7 Å². The topological polar surface area (TPSA) is 157 Å². The van der Waals surface area contributed by atoms with Gasteiger partial charge in [0.2, 0.25) is 17.7 Å². The van der Waals surface area contributed by atoms with Crippen LogP contribution in [0.4, 0.5) is 10.5 Å². The fourth-order valence-corrected chi connectivity index (χ4v) is 2.46. The second-order valence-electron chi connectivity index (χ2n) is 6.97. The van der Waals surface area contributed by atoms with Gasteiger partial charge in [-0.3, -0.25) is 14.4 Å². The van der Waals surface area contributed by atoms with Gasteiger partial charge in [-0.1, -0.05) is 26.0 Å². The fraction of sp³-hybridized carbons (Fsp3) is 0.474. The molecule has 3 unspecified atom stereocenters. The van der Waals surface area contributed by atoms with Crippen LogP contribution in [0.5, 0.6) is 0 Å². The number of hydrogen-bond acceptors (Lipinski definition) is 5. The summed E-state index contributed by atoms with van der Waals surface area (Å²) in [6, 6.07) is 4.63. The van der Waals surface area contributed by atoms with Crippen LogP contribution >= 0.6 is 0 Å². The molecule has 0 bridgehead atoms. The fourth-order valence-electron chi connectivity index (χ4n) is 2.46. The first-order valence-electron chi connectivity index (χ1n) is 9.14. The van der Waals surface area contributed by atoms with Crippen LogP contribution in [0.3, 0.4) is 0 Å². The lowest BCUT2D eigenvalue weighted by Gasteiger charge is -2.23. The van der Waals surface area contributed by atoms with E-state index < -0.39 is 36.1 Å². The van der Waals surface area contributed by atoms with Crippen molar-refractivity contribution in [3.05, 3.63) is 29.8 Å². The van der Waals surface area contributed by atoms with Crippen molar-refractivity contribution in [3.8, 4) is 0 Å². The van der Waals surface area contributed by atoms with Gasteiger partial charge in [-0.05, 0) is 30.5 Å². The highest BCUT2D eigenvalue weighted by Crippen LogP contribution is 2.16. The van der Waals surface area contributed by atoms with E-state index in [9.17, 15) is 24.3 Å². The van der Waals surface area contributed by atoms with Gasteiger partial charge in [0.1, 0.15) is 12.1 Å². The molecular weight excluding hydrogens is 380 g/mol. The third-order valence-electron chi connectivity index (χ3n) is 4.07. The monoisotopic (exact) mass is 408 g/mol. The van der Waals surface area contributed by atoms with E-state index in [1.54, 1.807) is 38.1 Å². The summed E-state index contributed by atoms with van der Waals surface area (Å²) in [7, 11) is 0. The number of carbonyl (C=O) groups excluding carboxylic acids is 3. The number of benzene rings is 1. The smallest absolute Gasteiger partial charge is 0.404 e. The molecule has 0 aliphatic heterocycles. The Morgan fingerprint density at radius 1 is 0.966 bits per heavy atom. The number of aliphatic hydroxyl groups is 1. The molecule has 0 radical (unpaired) electrons. The SMILES string of the molecule is CC(=O)NC(C(=O)NC(C)C(=O)Nc1ccc(C(O)CNC(=O)O)cc1)C(C)C. The van der Waals surface area contributed by atoms with Gasteiger partial charge in [0.25, 0.3) is 0 Å². The molecule has 4 amide bonds. The maximum absolute atomic E-state index is 12.3. The molecule has 1 rings (SSSR count). The van der Waals surface area contributed by atoms with Gasteiger partial charge < -0.3 is 31.5 Å². The third-order valence-corrected chi connectivity index (χ3v) is 4.07. The van der Waals surface area contributed by atoms with Crippen molar-refractivity contribution < 1.29 is 29.4 Å². The predicted molar refractivity (Wildman–Crippen MR) is 106 cm³/mol. The quantitative estimate of drug-likeness (QED) is 0.351. The second-order valence-corrected chi connectivity index (χ2v) is 6.97. The average Bonchev–Trinajstić information content (AvgIpc) is 2.64. The molecule has 10 nitrogen and oxygen atoms in total. The lowest BCUT2D eigenvalue weighted by atomic mass is 10.0. The normalized spacial score (nSPS) is 13.7. The Balaban J connectivity index is 2.64. The Morgan fingerprint density at radius 2 is 1.55 bits per heavy atom. The lowest BCUT2D eigenvalue weighted by molar-refractivity contribution is -0.131. The van der Waals surface area contributed by atoms with Crippen LogP contribution in [0.15, 0.2) is 24.3 Å². The summed E-state index contributed by atoms with van der Waals surface area (Å²) in [4.78, 5) is 46.4. The van der Waals surface area contributed by atoms with E-state index in [0.29, 0.717) is 11.3 Å². The molecule has 0 aliphatic rings. The molecule has 6 N–H and O–H groups in total. The number of aliphatic hydroxyl groups excluding tert-OH is 1. The number of hydrogen-bond donors (Lipinski definition) is 6. The van der Waals surface area contributed by atoms with Crippen molar-refractivity contribution in [2.24, 2.45) is 5.92 Å². The molecule has 0 spiro atoms. The van der Waals surface area contributed by atoms with E-state index in [-0.39, 0.29) is 18.4 Å². The summed E-state index contributed by atoms with van der Waals surface area (Å²) in [6.07, 6.45) is -2.25. The zero-order chi connectivity index (χ0) is 22.1. The lowest BCUT2D eigenvalue weighted by Crippen LogP contribution is -2.53. The van der Waals surface area contributed by atoms with Gasteiger partial charge in [0.15, 0.2) is 0 Å². The number of anilines is 1. The van der Waals surface area contributed by atoms with E-state index >= 15 is 0 Å². The van der Waals surface area contributed by atoms with Gasteiger partial charge >= 0.3 is 6.09 Å². The Bertz CT molecular complexity index is 735. The molecule has 3 atom stereocenters. The zero-order valence-electron chi connectivity index (χ0n) is 16.9. The number of nitrogens with one attached hydrogen (secondary N) is 4. The van der Waals surface area contributed by atoms with E-state index in [4.69, 9.17) is 5.11 Å². The Hall–Kier alpha value is -3.14. The molecule has 1 aromatic carbocycles. The molecule has 0 aromatic heterocycles. The largest absolute Gasteiger partial charge is 0.465 e. The first kappa shape index (κ1) is 23.9. The number of rotatable bonds is 9. The van der Waals surface area contributed by atoms with Crippen LogP contribution in [0, 0.1) is 5.92 Å². The highest BCUT2D eigenvalue weighted by Gasteiger charge is 2.26. The molecule has 0 fully saturated rings. The van der Waals surface area contributed by atoms with Crippen LogP contribution in [0.1, 0.15) is 39.4 Å². The number of carboxylic acid groups (broad SMARTS) is 1. The van der Waals surface area contributed by atoms with Gasteiger partial charge in [-0.25, -0.2) is 4.79 Å².